The van der Waals surface area contributed by atoms with Crippen LogP contribution in [0.25, 0.3) is 0 Å². The molecule has 0 bridgehead atoms. The van der Waals surface area contributed by atoms with Crippen molar-refractivity contribution in [1.29, 1.82) is 0 Å². The second kappa shape index (κ2) is 3.87. The smallest absolute Gasteiger partial charge is 0.240 e. The summed E-state index contributed by atoms with van der Waals surface area (Å²) in [4.78, 5) is 13.9. The molecule has 4 heteroatoms. The van der Waals surface area contributed by atoms with Gasteiger partial charge in [0, 0.05) is 19.1 Å². The number of aliphatic hydroxyl groups excluding tert-OH is 1. The van der Waals surface area contributed by atoms with Crippen LogP contribution in [0.5, 0.6) is 0 Å². The monoisotopic (exact) mass is 198 g/mol. The van der Waals surface area contributed by atoms with Gasteiger partial charge in [0.1, 0.15) is 0 Å². The van der Waals surface area contributed by atoms with E-state index in [9.17, 15) is 9.90 Å². The number of nitrogens with one attached hydrogen (secondary N) is 1. The molecule has 0 radical (unpaired) electrons. The molecule has 14 heavy (non-hydrogen) atoms. The maximum absolute atomic E-state index is 12.0. The Morgan fingerprint density at radius 1 is 1.57 bits per heavy atom. The van der Waals surface area contributed by atoms with Crippen molar-refractivity contribution in [3.05, 3.63) is 0 Å². The van der Waals surface area contributed by atoms with Gasteiger partial charge in [0.05, 0.1) is 12.1 Å². The maximum atomic E-state index is 12.0. The highest BCUT2D eigenvalue weighted by Gasteiger charge is 2.34. The van der Waals surface area contributed by atoms with Crippen LogP contribution in [0.2, 0.25) is 0 Å². The zero-order valence-corrected chi connectivity index (χ0v) is 8.57. The van der Waals surface area contributed by atoms with E-state index in [2.05, 4.69) is 12.2 Å². The summed E-state index contributed by atoms with van der Waals surface area (Å²) >= 11 is 0. The number of hydrogen-bond acceptors (Lipinski definition) is 3. The lowest BCUT2D eigenvalue weighted by Crippen LogP contribution is -2.44. The van der Waals surface area contributed by atoms with Crippen molar-refractivity contribution < 1.29 is 9.90 Å². The van der Waals surface area contributed by atoms with Crippen LogP contribution in [0.4, 0.5) is 0 Å². The summed E-state index contributed by atoms with van der Waals surface area (Å²) in [5.41, 5.74) is 0. The molecule has 2 aliphatic heterocycles. The minimum absolute atomic E-state index is 0.148. The van der Waals surface area contributed by atoms with Crippen LogP contribution in [0.15, 0.2) is 0 Å². The average Bonchev–Trinajstić information content (AvgIpc) is 2.73. The molecule has 2 saturated heterocycles. The van der Waals surface area contributed by atoms with Crippen LogP contribution < -0.4 is 5.32 Å². The zero-order chi connectivity index (χ0) is 10.1. The number of rotatable bonds is 1. The van der Waals surface area contributed by atoms with E-state index in [0.29, 0.717) is 19.0 Å². The van der Waals surface area contributed by atoms with Gasteiger partial charge in [-0.15, -0.1) is 0 Å². The molecule has 80 valence electrons. The van der Waals surface area contributed by atoms with Gasteiger partial charge in [-0.1, -0.05) is 0 Å². The van der Waals surface area contributed by atoms with Crippen LogP contribution in [-0.2, 0) is 4.79 Å². The van der Waals surface area contributed by atoms with Crippen molar-refractivity contribution in [1.82, 2.24) is 10.2 Å². The minimum Gasteiger partial charge on any atom is -0.392 e. The summed E-state index contributed by atoms with van der Waals surface area (Å²) in [6.07, 6.45) is 2.45. The van der Waals surface area contributed by atoms with Crippen molar-refractivity contribution in [2.75, 3.05) is 13.1 Å². The second-order valence-corrected chi connectivity index (χ2v) is 4.37. The fraction of sp³-hybridized carbons (Fsp3) is 0.900. The van der Waals surface area contributed by atoms with Crippen molar-refractivity contribution in [3.63, 3.8) is 0 Å². The Kier molecular flexibility index (Phi) is 2.74. The molecule has 4 nitrogen and oxygen atoms in total. The van der Waals surface area contributed by atoms with Gasteiger partial charge in [0.25, 0.3) is 0 Å². The molecule has 2 aliphatic rings. The molecule has 2 fully saturated rings. The molecule has 3 atom stereocenters. The number of β-amino-alcohol motifs (C(OH)–C–C–N with tert-alkyl or cyclic N) is 1. The quantitative estimate of drug-likeness (QED) is 0.609. The summed E-state index contributed by atoms with van der Waals surface area (Å²) in [6, 6.07) is 0.229. The van der Waals surface area contributed by atoms with Crippen molar-refractivity contribution in [2.24, 2.45) is 0 Å². The van der Waals surface area contributed by atoms with Crippen LogP contribution in [0.3, 0.4) is 0 Å². The molecule has 0 saturated carbocycles. The van der Waals surface area contributed by atoms with Gasteiger partial charge in [-0.05, 0) is 26.2 Å². The van der Waals surface area contributed by atoms with Crippen LogP contribution in [0.1, 0.15) is 26.2 Å². The topological polar surface area (TPSA) is 52.6 Å². The maximum Gasteiger partial charge on any atom is 0.240 e. The van der Waals surface area contributed by atoms with Gasteiger partial charge >= 0.3 is 0 Å². The van der Waals surface area contributed by atoms with E-state index in [-0.39, 0.29) is 18.1 Å². The predicted molar refractivity (Wildman–Crippen MR) is 52.8 cm³/mol. The van der Waals surface area contributed by atoms with E-state index >= 15 is 0 Å². The van der Waals surface area contributed by atoms with E-state index in [1.807, 2.05) is 4.90 Å². The van der Waals surface area contributed by atoms with E-state index in [1.165, 1.54) is 0 Å². The first kappa shape index (κ1) is 9.93. The van der Waals surface area contributed by atoms with Gasteiger partial charge in [-0.3, -0.25) is 4.79 Å². The summed E-state index contributed by atoms with van der Waals surface area (Å²) in [7, 11) is 0. The lowest BCUT2D eigenvalue weighted by atomic mass is 10.1. The van der Waals surface area contributed by atoms with E-state index in [1.54, 1.807) is 0 Å². The Morgan fingerprint density at radius 2 is 2.36 bits per heavy atom. The zero-order valence-electron chi connectivity index (χ0n) is 8.57. The Labute approximate surface area is 84.3 Å². The minimum atomic E-state index is -0.346. The van der Waals surface area contributed by atoms with Crippen LogP contribution in [-0.4, -0.2) is 47.2 Å². The number of amides is 1. The SMILES string of the molecule is CC1CCCN1C(=O)C1CC(O)CN1. The van der Waals surface area contributed by atoms with Gasteiger partial charge in [0.2, 0.25) is 5.91 Å². The number of likely N-dealkylation sites (tertiary alicyclic amines) is 1. The first-order valence-corrected chi connectivity index (χ1v) is 5.40. The molecule has 0 aromatic rings. The Bertz CT molecular complexity index is 232. The fourth-order valence-corrected chi connectivity index (χ4v) is 2.37. The number of hydrogen-bond donors (Lipinski definition) is 2. The average molecular weight is 198 g/mol. The number of aliphatic hydroxyl groups is 1. The molecule has 2 rings (SSSR count). The van der Waals surface area contributed by atoms with E-state index in [4.69, 9.17) is 0 Å². The largest absolute Gasteiger partial charge is 0.392 e. The van der Waals surface area contributed by atoms with Crippen molar-refractivity contribution >= 4 is 5.91 Å². The molecule has 0 aromatic heterocycles. The summed E-state index contributed by atoms with van der Waals surface area (Å²) in [6.45, 7) is 3.53. The van der Waals surface area contributed by atoms with Crippen molar-refractivity contribution in [2.45, 2.75) is 44.4 Å². The van der Waals surface area contributed by atoms with Crippen molar-refractivity contribution in [3.8, 4) is 0 Å². The molecule has 0 spiro atoms. The highest BCUT2D eigenvalue weighted by molar-refractivity contribution is 5.82. The Balaban J connectivity index is 1.94. The van der Waals surface area contributed by atoms with Gasteiger partial charge in [-0.25, -0.2) is 0 Å². The molecular formula is C10H18N2O2. The molecule has 2 N–H and O–H groups in total. The van der Waals surface area contributed by atoms with E-state index < -0.39 is 0 Å². The van der Waals surface area contributed by atoms with Gasteiger partial charge in [-0.2, -0.15) is 0 Å². The predicted octanol–water partition coefficient (Wildman–Crippen LogP) is -0.280. The lowest BCUT2D eigenvalue weighted by molar-refractivity contribution is -0.133. The number of nitrogens with zero attached hydrogens (tertiary/aromatic N) is 1. The van der Waals surface area contributed by atoms with E-state index in [0.717, 1.165) is 19.4 Å². The standard InChI is InChI=1S/C10H18N2O2/c1-7-3-2-4-12(7)10(14)9-5-8(13)6-11-9/h7-9,11,13H,2-6H2,1H3. The molecule has 1 amide bonds. The molecular weight excluding hydrogens is 180 g/mol. The molecule has 0 aliphatic carbocycles. The van der Waals surface area contributed by atoms with Gasteiger partial charge in [0.15, 0.2) is 0 Å². The highest BCUT2D eigenvalue weighted by atomic mass is 16.3. The van der Waals surface area contributed by atoms with Crippen LogP contribution >= 0.6 is 0 Å². The molecule has 3 unspecified atom stereocenters. The summed E-state index contributed by atoms with van der Waals surface area (Å²) < 4.78 is 0. The fourth-order valence-electron chi connectivity index (χ4n) is 2.37. The highest BCUT2D eigenvalue weighted by Crippen LogP contribution is 2.19. The Morgan fingerprint density at radius 3 is 2.86 bits per heavy atom. The molecule has 0 aromatic carbocycles. The first-order valence-electron chi connectivity index (χ1n) is 5.40. The third-order valence-electron chi connectivity index (χ3n) is 3.24. The normalized spacial score (nSPS) is 37.9. The number of carbonyl (C=O) groups excluding carboxylic acids is 1. The summed E-state index contributed by atoms with van der Waals surface area (Å²) in [5.74, 6) is 0.173. The lowest BCUT2D eigenvalue weighted by Gasteiger charge is -2.24. The third kappa shape index (κ3) is 1.77. The van der Waals surface area contributed by atoms with Gasteiger partial charge < -0.3 is 15.3 Å². The Hall–Kier alpha value is -0.610. The first-order chi connectivity index (χ1) is 6.68. The number of carbonyl (C=O) groups is 1. The van der Waals surface area contributed by atoms with Crippen LogP contribution in [0, 0.1) is 0 Å². The third-order valence-corrected chi connectivity index (χ3v) is 3.24. The second-order valence-electron chi connectivity index (χ2n) is 4.37. The summed E-state index contributed by atoms with van der Waals surface area (Å²) in [5, 5.41) is 12.4. The molecule has 2 heterocycles.